The van der Waals surface area contributed by atoms with Gasteiger partial charge >= 0.3 is 6.18 Å². The molecule has 3 aromatic heterocycles. The van der Waals surface area contributed by atoms with Crippen LogP contribution in [-0.2, 0) is 6.18 Å². The van der Waals surface area contributed by atoms with Crippen LogP contribution in [0.5, 0.6) is 11.6 Å². The van der Waals surface area contributed by atoms with Crippen molar-refractivity contribution in [2.24, 2.45) is 0 Å². The van der Waals surface area contributed by atoms with E-state index in [1.165, 1.54) is 24.5 Å². The van der Waals surface area contributed by atoms with Crippen molar-refractivity contribution in [2.45, 2.75) is 6.18 Å². The molecule has 0 fully saturated rings. The van der Waals surface area contributed by atoms with Crippen LogP contribution in [0.2, 0.25) is 0 Å². The van der Waals surface area contributed by atoms with Crippen molar-refractivity contribution in [3.63, 3.8) is 0 Å². The lowest BCUT2D eigenvalue weighted by molar-refractivity contribution is -0.145. The Labute approximate surface area is 144 Å². The van der Waals surface area contributed by atoms with Crippen molar-refractivity contribution in [1.29, 1.82) is 0 Å². The van der Waals surface area contributed by atoms with Gasteiger partial charge in [0.2, 0.25) is 11.7 Å². The summed E-state index contributed by atoms with van der Waals surface area (Å²) in [7, 11) is 0. The molecule has 1 N–H and O–H groups in total. The zero-order chi connectivity index (χ0) is 18.6. The molecule has 0 aromatic carbocycles. The zero-order valence-electron chi connectivity index (χ0n) is 12.9. The van der Waals surface area contributed by atoms with Crippen LogP contribution in [0.1, 0.15) is 16.2 Å². The highest BCUT2D eigenvalue weighted by Crippen LogP contribution is 2.27. The maximum Gasteiger partial charge on any atom is 0.451 e. The normalized spacial score (nSPS) is 11.0. The Balaban J connectivity index is 1.65. The van der Waals surface area contributed by atoms with E-state index in [-0.39, 0.29) is 17.2 Å². The zero-order valence-corrected chi connectivity index (χ0v) is 12.9. The SMILES string of the molecule is O=C(Nc1cccnc1)c1ccc(Oc2cnc(C(F)(F)F)nc2)nc1. The van der Waals surface area contributed by atoms with Crippen LogP contribution >= 0.6 is 0 Å². The quantitative estimate of drug-likeness (QED) is 0.767. The summed E-state index contributed by atoms with van der Waals surface area (Å²) < 4.78 is 42.5. The number of anilines is 1. The van der Waals surface area contributed by atoms with E-state index in [0.717, 1.165) is 12.4 Å². The molecule has 0 bridgehead atoms. The molecule has 0 radical (unpaired) electrons. The van der Waals surface area contributed by atoms with Crippen LogP contribution in [0.4, 0.5) is 18.9 Å². The Morgan fingerprint density at radius 3 is 2.35 bits per heavy atom. The van der Waals surface area contributed by atoms with E-state index in [0.29, 0.717) is 5.69 Å². The number of ether oxygens (including phenoxy) is 1. The van der Waals surface area contributed by atoms with Gasteiger partial charge in [0, 0.05) is 18.5 Å². The molecule has 132 valence electrons. The fourth-order valence-electron chi connectivity index (χ4n) is 1.85. The average Bonchev–Trinajstić information content (AvgIpc) is 2.63. The first kappa shape index (κ1) is 17.3. The number of halogens is 3. The van der Waals surface area contributed by atoms with Crippen molar-refractivity contribution in [3.05, 3.63) is 66.6 Å². The molecule has 0 aliphatic rings. The lowest BCUT2D eigenvalue weighted by Crippen LogP contribution is -2.12. The minimum absolute atomic E-state index is 0.0157. The molecule has 0 aliphatic heterocycles. The summed E-state index contributed by atoms with van der Waals surface area (Å²) in [6.07, 6.45) is 1.49. The van der Waals surface area contributed by atoms with E-state index in [2.05, 4.69) is 25.3 Å². The van der Waals surface area contributed by atoms with Gasteiger partial charge in [-0.05, 0) is 18.2 Å². The highest BCUT2D eigenvalue weighted by Gasteiger charge is 2.34. The second kappa shape index (κ2) is 7.13. The smallest absolute Gasteiger partial charge is 0.436 e. The van der Waals surface area contributed by atoms with Crippen LogP contribution in [-0.4, -0.2) is 25.8 Å². The Bertz CT molecular complexity index is 885. The number of aromatic nitrogens is 4. The van der Waals surface area contributed by atoms with E-state index >= 15 is 0 Å². The summed E-state index contributed by atoms with van der Waals surface area (Å²) in [5, 5.41) is 2.64. The number of amides is 1. The summed E-state index contributed by atoms with van der Waals surface area (Å²) in [6.45, 7) is 0. The number of carbonyl (C=O) groups excluding carboxylic acids is 1. The molecule has 1 amide bonds. The van der Waals surface area contributed by atoms with Gasteiger partial charge in [-0.15, -0.1) is 0 Å². The second-order valence-electron chi connectivity index (χ2n) is 4.92. The van der Waals surface area contributed by atoms with Gasteiger partial charge in [0.05, 0.1) is 29.8 Å². The van der Waals surface area contributed by atoms with Gasteiger partial charge in [0.25, 0.3) is 5.91 Å². The van der Waals surface area contributed by atoms with E-state index < -0.39 is 17.9 Å². The molecular weight excluding hydrogens is 351 g/mol. The van der Waals surface area contributed by atoms with E-state index in [1.807, 2.05) is 0 Å². The molecule has 0 saturated heterocycles. The minimum atomic E-state index is -4.62. The van der Waals surface area contributed by atoms with Crippen molar-refractivity contribution in [2.75, 3.05) is 5.32 Å². The first-order valence-corrected chi connectivity index (χ1v) is 7.16. The fraction of sp³-hybridized carbons (Fsp3) is 0.0625. The van der Waals surface area contributed by atoms with Gasteiger partial charge in [-0.2, -0.15) is 13.2 Å². The van der Waals surface area contributed by atoms with Gasteiger partial charge in [-0.3, -0.25) is 9.78 Å². The number of nitrogens with one attached hydrogen (secondary N) is 1. The van der Waals surface area contributed by atoms with Crippen LogP contribution in [0.25, 0.3) is 0 Å². The Morgan fingerprint density at radius 2 is 1.77 bits per heavy atom. The molecular formula is C16H10F3N5O2. The average molecular weight is 361 g/mol. The molecule has 3 heterocycles. The topological polar surface area (TPSA) is 89.9 Å². The third-order valence-electron chi connectivity index (χ3n) is 3.02. The third-order valence-corrected chi connectivity index (χ3v) is 3.02. The van der Waals surface area contributed by atoms with Crippen LogP contribution in [0, 0.1) is 0 Å². The first-order valence-electron chi connectivity index (χ1n) is 7.16. The molecule has 0 aliphatic carbocycles. The van der Waals surface area contributed by atoms with Crippen molar-refractivity contribution in [3.8, 4) is 11.6 Å². The third kappa shape index (κ3) is 4.29. The maximum absolute atomic E-state index is 12.4. The number of hydrogen-bond donors (Lipinski definition) is 1. The first-order chi connectivity index (χ1) is 12.4. The molecule has 0 unspecified atom stereocenters. The predicted molar refractivity (Wildman–Crippen MR) is 83.5 cm³/mol. The molecule has 3 aromatic rings. The van der Waals surface area contributed by atoms with Gasteiger partial charge in [0.15, 0.2) is 5.75 Å². The van der Waals surface area contributed by atoms with Gasteiger partial charge < -0.3 is 10.1 Å². The second-order valence-corrected chi connectivity index (χ2v) is 4.92. The minimum Gasteiger partial charge on any atom is -0.436 e. The highest BCUT2D eigenvalue weighted by atomic mass is 19.4. The number of carbonyl (C=O) groups is 1. The summed E-state index contributed by atoms with van der Waals surface area (Å²) >= 11 is 0. The van der Waals surface area contributed by atoms with E-state index in [9.17, 15) is 18.0 Å². The van der Waals surface area contributed by atoms with Crippen molar-refractivity contribution in [1.82, 2.24) is 19.9 Å². The van der Waals surface area contributed by atoms with Crippen LogP contribution < -0.4 is 10.1 Å². The number of rotatable bonds is 4. The lowest BCUT2D eigenvalue weighted by atomic mass is 10.2. The van der Waals surface area contributed by atoms with Gasteiger partial charge in [0.1, 0.15) is 0 Å². The van der Waals surface area contributed by atoms with E-state index in [4.69, 9.17) is 4.74 Å². The highest BCUT2D eigenvalue weighted by molar-refractivity contribution is 6.03. The standard InChI is InChI=1S/C16H10F3N5O2/c17-16(18,19)15-22-8-12(9-23-15)26-13-4-3-10(6-21-13)14(25)24-11-2-1-5-20-7-11/h1-9H,(H,24,25). The van der Waals surface area contributed by atoms with Gasteiger partial charge in [-0.25, -0.2) is 15.0 Å². The Morgan fingerprint density at radius 1 is 1.00 bits per heavy atom. The summed E-state index contributed by atoms with van der Waals surface area (Å²) in [5.41, 5.74) is 0.796. The molecule has 10 heteroatoms. The number of hydrogen-bond acceptors (Lipinski definition) is 6. The molecule has 26 heavy (non-hydrogen) atoms. The number of pyridine rings is 2. The summed E-state index contributed by atoms with van der Waals surface area (Å²) in [6, 6.07) is 6.21. The molecule has 0 atom stereocenters. The summed E-state index contributed by atoms with van der Waals surface area (Å²) in [5.74, 6) is -1.60. The largest absolute Gasteiger partial charge is 0.451 e. The lowest BCUT2D eigenvalue weighted by Gasteiger charge is -2.07. The number of alkyl halides is 3. The monoisotopic (exact) mass is 361 g/mol. The maximum atomic E-state index is 12.4. The van der Waals surface area contributed by atoms with Crippen LogP contribution in [0.3, 0.4) is 0 Å². The molecule has 0 saturated carbocycles. The Hall–Kier alpha value is -3.56. The molecule has 3 rings (SSSR count). The fourth-order valence-corrected chi connectivity index (χ4v) is 1.85. The number of nitrogens with zero attached hydrogens (tertiary/aromatic N) is 4. The molecule has 0 spiro atoms. The Kier molecular flexibility index (Phi) is 4.74. The van der Waals surface area contributed by atoms with E-state index in [1.54, 1.807) is 18.3 Å². The molecule has 7 nitrogen and oxygen atoms in total. The van der Waals surface area contributed by atoms with Crippen molar-refractivity contribution >= 4 is 11.6 Å². The van der Waals surface area contributed by atoms with Gasteiger partial charge in [-0.1, -0.05) is 0 Å². The predicted octanol–water partition coefficient (Wildman–Crippen LogP) is 3.33. The van der Waals surface area contributed by atoms with Crippen molar-refractivity contribution < 1.29 is 22.7 Å². The van der Waals surface area contributed by atoms with Crippen LogP contribution in [0.15, 0.2) is 55.2 Å². The summed E-state index contributed by atoms with van der Waals surface area (Å²) in [4.78, 5) is 26.2.